The van der Waals surface area contributed by atoms with Gasteiger partial charge in [-0.2, -0.15) is 0 Å². The van der Waals surface area contributed by atoms with Crippen molar-refractivity contribution < 1.29 is 4.79 Å². The molecule has 0 aromatic carbocycles. The molecule has 1 heterocycles. The smallest absolute Gasteiger partial charge is 0.233 e. The van der Waals surface area contributed by atoms with Crippen LogP contribution >= 0.6 is 0 Å². The minimum Gasteiger partial charge on any atom is -0.358 e. The van der Waals surface area contributed by atoms with Crippen LogP contribution in [-0.4, -0.2) is 68.6 Å². The highest BCUT2D eigenvalue weighted by molar-refractivity contribution is 5.77. The molecule has 5 heteroatoms. The van der Waals surface area contributed by atoms with Gasteiger partial charge < -0.3 is 16.0 Å². The van der Waals surface area contributed by atoms with Gasteiger partial charge in [-0.3, -0.25) is 9.69 Å². The summed E-state index contributed by atoms with van der Waals surface area (Å²) in [5, 5.41) is 2.68. The normalized spacial score (nSPS) is 18.9. The average Bonchev–Trinajstić information content (AvgIpc) is 2.55. The lowest BCUT2D eigenvalue weighted by Crippen LogP contribution is -2.38. The molecule has 5 nitrogen and oxygen atoms in total. The van der Waals surface area contributed by atoms with Crippen molar-refractivity contribution in [1.29, 1.82) is 0 Å². The fraction of sp³-hybridized carbons (Fsp3) is 0.917. The van der Waals surface area contributed by atoms with Gasteiger partial charge in [-0.1, -0.05) is 0 Å². The van der Waals surface area contributed by atoms with Gasteiger partial charge in [-0.25, -0.2) is 0 Å². The first-order valence-electron chi connectivity index (χ1n) is 6.61. The third-order valence-electron chi connectivity index (χ3n) is 3.26. The van der Waals surface area contributed by atoms with E-state index in [0.717, 1.165) is 52.1 Å². The van der Waals surface area contributed by atoms with E-state index in [4.69, 9.17) is 5.73 Å². The number of amides is 1. The van der Waals surface area contributed by atoms with Crippen molar-refractivity contribution in [3.05, 3.63) is 0 Å². The number of nitrogens with one attached hydrogen (secondary N) is 1. The van der Waals surface area contributed by atoms with E-state index in [9.17, 15) is 4.79 Å². The van der Waals surface area contributed by atoms with E-state index >= 15 is 0 Å². The Kier molecular flexibility index (Phi) is 7.16. The van der Waals surface area contributed by atoms with Crippen LogP contribution in [0.1, 0.15) is 19.3 Å². The summed E-state index contributed by atoms with van der Waals surface area (Å²) < 4.78 is 0. The third kappa shape index (κ3) is 6.00. The number of hydrogen-bond donors (Lipinski definition) is 2. The highest BCUT2D eigenvalue weighted by atomic mass is 16.1. The summed E-state index contributed by atoms with van der Waals surface area (Å²) in [5.74, 6) is 0.113. The molecular weight excluding hydrogens is 216 g/mol. The van der Waals surface area contributed by atoms with Crippen molar-refractivity contribution in [2.45, 2.75) is 19.3 Å². The average molecular weight is 242 g/mol. The monoisotopic (exact) mass is 242 g/mol. The fourth-order valence-electron chi connectivity index (χ4n) is 2.17. The first-order valence-corrected chi connectivity index (χ1v) is 6.61. The van der Waals surface area contributed by atoms with E-state index in [0.29, 0.717) is 6.54 Å². The number of nitrogens with two attached hydrogens (primary N) is 1. The van der Waals surface area contributed by atoms with E-state index in [1.807, 2.05) is 0 Å². The maximum atomic E-state index is 11.3. The molecule has 0 unspecified atom stereocenters. The van der Waals surface area contributed by atoms with Gasteiger partial charge in [0, 0.05) is 20.1 Å². The Bertz CT molecular complexity index is 223. The van der Waals surface area contributed by atoms with Gasteiger partial charge in [0.1, 0.15) is 0 Å². The SMILES string of the molecule is CNC(=O)CN1CCCN(CCCCN)CC1. The van der Waals surface area contributed by atoms with Crippen molar-refractivity contribution >= 4 is 5.91 Å². The van der Waals surface area contributed by atoms with Gasteiger partial charge in [-0.05, 0) is 45.4 Å². The Hall–Kier alpha value is -0.650. The third-order valence-corrected chi connectivity index (χ3v) is 3.26. The Morgan fingerprint density at radius 1 is 1.18 bits per heavy atom. The van der Waals surface area contributed by atoms with Gasteiger partial charge in [0.2, 0.25) is 5.91 Å². The summed E-state index contributed by atoms with van der Waals surface area (Å²) in [4.78, 5) is 16.0. The Balaban J connectivity index is 2.22. The summed E-state index contributed by atoms with van der Waals surface area (Å²) in [7, 11) is 1.69. The number of carbonyl (C=O) groups is 1. The van der Waals surface area contributed by atoms with Crippen LogP contribution in [0, 0.1) is 0 Å². The molecular formula is C12H26N4O. The summed E-state index contributed by atoms with van der Waals surface area (Å²) >= 11 is 0. The highest BCUT2D eigenvalue weighted by Gasteiger charge is 2.15. The van der Waals surface area contributed by atoms with E-state index in [1.165, 1.54) is 6.42 Å². The van der Waals surface area contributed by atoms with Gasteiger partial charge in [-0.15, -0.1) is 0 Å². The Labute approximate surface area is 104 Å². The second-order valence-electron chi connectivity index (χ2n) is 4.64. The van der Waals surface area contributed by atoms with Crippen LogP contribution in [0.3, 0.4) is 0 Å². The second kappa shape index (κ2) is 8.44. The molecule has 0 aromatic heterocycles. The molecule has 0 bridgehead atoms. The molecule has 1 amide bonds. The van der Waals surface area contributed by atoms with Crippen LogP contribution in [-0.2, 0) is 4.79 Å². The van der Waals surface area contributed by atoms with Crippen LogP contribution in [0.5, 0.6) is 0 Å². The minimum absolute atomic E-state index is 0.113. The predicted molar refractivity (Wildman–Crippen MR) is 69.9 cm³/mol. The van der Waals surface area contributed by atoms with Crippen LogP contribution in [0.15, 0.2) is 0 Å². The van der Waals surface area contributed by atoms with E-state index in [2.05, 4.69) is 15.1 Å². The Morgan fingerprint density at radius 3 is 2.59 bits per heavy atom. The number of rotatable bonds is 6. The molecule has 0 aromatic rings. The molecule has 0 radical (unpaired) electrons. The van der Waals surface area contributed by atoms with E-state index in [1.54, 1.807) is 7.05 Å². The van der Waals surface area contributed by atoms with Crippen LogP contribution in [0.4, 0.5) is 0 Å². The molecule has 1 aliphatic heterocycles. The molecule has 1 fully saturated rings. The number of unbranched alkanes of at least 4 members (excludes halogenated alkanes) is 1. The summed E-state index contributed by atoms with van der Waals surface area (Å²) in [6.45, 7) is 6.71. The lowest BCUT2D eigenvalue weighted by Gasteiger charge is -2.21. The molecule has 0 aliphatic carbocycles. The number of carbonyl (C=O) groups excluding carboxylic acids is 1. The van der Waals surface area contributed by atoms with Crippen molar-refractivity contribution in [3.63, 3.8) is 0 Å². The van der Waals surface area contributed by atoms with Gasteiger partial charge in [0.15, 0.2) is 0 Å². The zero-order valence-electron chi connectivity index (χ0n) is 11.0. The van der Waals surface area contributed by atoms with Gasteiger partial charge in [0.05, 0.1) is 6.54 Å². The molecule has 3 N–H and O–H groups in total. The molecule has 1 aliphatic rings. The van der Waals surface area contributed by atoms with Gasteiger partial charge in [0.25, 0.3) is 0 Å². The molecule has 1 saturated heterocycles. The molecule has 0 atom stereocenters. The zero-order chi connectivity index (χ0) is 12.5. The quantitative estimate of drug-likeness (QED) is 0.615. The minimum atomic E-state index is 0.113. The molecule has 100 valence electrons. The van der Waals surface area contributed by atoms with Crippen LogP contribution in [0.25, 0.3) is 0 Å². The summed E-state index contributed by atoms with van der Waals surface area (Å²) in [6, 6.07) is 0. The van der Waals surface area contributed by atoms with Crippen molar-refractivity contribution in [2.75, 3.05) is 52.9 Å². The summed E-state index contributed by atoms with van der Waals surface area (Å²) in [5.41, 5.74) is 5.50. The lowest BCUT2D eigenvalue weighted by atomic mass is 10.3. The molecule has 0 spiro atoms. The number of nitrogens with zero attached hydrogens (tertiary/aromatic N) is 2. The highest BCUT2D eigenvalue weighted by Crippen LogP contribution is 2.04. The Morgan fingerprint density at radius 2 is 1.88 bits per heavy atom. The standard InChI is InChI=1S/C12H26N4O/c1-14-12(17)11-16-8-4-7-15(9-10-16)6-3-2-5-13/h2-11,13H2,1H3,(H,14,17). The maximum absolute atomic E-state index is 11.3. The first kappa shape index (κ1) is 14.4. The molecule has 0 saturated carbocycles. The van der Waals surface area contributed by atoms with Crippen LogP contribution in [0.2, 0.25) is 0 Å². The zero-order valence-corrected chi connectivity index (χ0v) is 11.0. The lowest BCUT2D eigenvalue weighted by molar-refractivity contribution is -0.121. The maximum Gasteiger partial charge on any atom is 0.233 e. The van der Waals surface area contributed by atoms with Crippen molar-refractivity contribution in [1.82, 2.24) is 15.1 Å². The summed E-state index contributed by atoms with van der Waals surface area (Å²) in [6.07, 6.45) is 3.45. The van der Waals surface area contributed by atoms with E-state index < -0.39 is 0 Å². The first-order chi connectivity index (χ1) is 8.26. The largest absolute Gasteiger partial charge is 0.358 e. The van der Waals surface area contributed by atoms with Crippen LogP contribution < -0.4 is 11.1 Å². The molecule has 1 rings (SSSR count). The van der Waals surface area contributed by atoms with Crippen molar-refractivity contribution in [2.24, 2.45) is 5.73 Å². The van der Waals surface area contributed by atoms with Gasteiger partial charge >= 0.3 is 0 Å². The van der Waals surface area contributed by atoms with E-state index in [-0.39, 0.29) is 5.91 Å². The fourth-order valence-corrected chi connectivity index (χ4v) is 2.17. The van der Waals surface area contributed by atoms with Crippen molar-refractivity contribution in [3.8, 4) is 0 Å². The topological polar surface area (TPSA) is 61.6 Å². The predicted octanol–water partition coefficient (Wildman–Crippen LogP) is -0.521. The number of likely N-dealkylation sites (N-methyl/N-ethyl adjacent to an activating group) is 1. The number of hydrogen-bond acceptors (Lipinski definition) is 4. The molecule has 17 heavy (non-hydrogen) atoms. The second-order valence-corrected chi connectivity index (χ2v) is 4.64.